The third-order valence-corrected chi connectivity index (χ3v) is 3.41. The molecule has 2 aromatic rings. The second-order valence-corrected chi connectivity index (χ2v) is 4.66. The van der Waals surface area contributed by atoms with Crippen molar-refractivity contribution in [3.63, 3.8) is 0 Å². The highest BCUT2D eigenvalue weighted by atomic mass is 16.5. The van der Waals surface area contributed by atoms with Crippen LogP contribution in [0.1, 0.15) is 18.1 Å². The second-order valence-electron chi connectivity index (χ2n) is 4.66. The first-order valence-electron chi connectivity index (χ1n) is 6.61. The van der Waals surface area contributed by atoms with Gasteiger partial charge >= 0.3 is 0 Å². The van der Waals surface area contributed by atoms with Crippen molar-refractivity contribution in [2.24, 2.45) is 5.11 Å². The first-order chi connectivity index (χ1) is 10.2. The van der Waals surface area contributed by atoms with Gasteiger partial charge in [-0.05, 0) is 29.0 Å². The van der Waals surface area contributed by atoms with Crippen LogP contribution < -0.4 is 4.74 Å². The van der Waals surface area contributed by atoms with Crippen molar-refractivity contribution in [1.29, 1.82) is 0 Å². The SMILES string of the molecule is COc1ccc(C(O)C(O)CCN=[N+]=[N-])c2ccccc12. The molecule has 2 N–H and O–H groups in total. The molecule has 0 amide bonds. The second kappa shape index (κ2) is 6.95. The maximum Gasteiger partial charge on any atom is 0.126 e. The summed E-state index contributed by atoms with van der Waals surface area (Å²) in [5.41, 5.74) is 8.86. The minimum atomic E-state index is -1.05. The summed E-state index contributed by atoms with van der Waals surface area (Å²) >= 11 is 0. The maximum absolute atomic E-state index is 10.3. The van der Waals surface area contributed by atoms with Crippen LogP contribution in [0, 0.1) is 0 Å². The molecule has 2 rings (SSSR count). The summed E-state index contributed by atoms with van der Waals surface area (Å²) < 4.78 is 5.30. The number of ether oxygens (including phenoxy) is 1. The molecule has 0 spiro atoms. The minimum absolute atomic E-state index is 0.142. The molecular weight excluding hydrogens is 270 g/mol. The molecular formula is C15H17N3O3. The van der Waals surface area contributed by atoms with E-state index < -0.39 is 12.2 Å². The molecule has 0 heterocycles. The van der Waals surface area contributed by atoms with Gasteiger partial charge in [-0.3, -0.25) is 0 Å². The third-order valence-electron chi connectivity index (χ3n) is 3.41. The fraction of sp³-hybridized carbons (Fsp3) is 0.333. The number of methoxy groups -OCH3 is 1. The Bertz CT molecular complexity index is 668. The molecule has 0 aliphatic heterocycles. The Morgan fingerprint density at radius 1 is 1.19 bits per heavy atom. The quantitative estimate of drug-likeness (QED) is 0.485. The van der Waals surface area contributed by atoms with Gasteiger partial charge in [0.05, 0.1) is 13.2 Å². The maximum atomic E-state index is 10.3. The zero-order chi connectivity index (χ0) is 15.2. The van der Waals surface area contributed by atoms with Gasteiger partial charge in [0.25, 0.3) is 0 Å². The number of rotatable bonds is 6. The molecule has 21 heavy (non-hydrogen) atoms. The van der Waals surface area contributed by atoms with Gasteiger partial charge in [0.2, 0.25) is 0 Å². The molecule has 110 valence electrons. The fourth-order valence-electron chi connectivity index (χ4n) is 2.33. The summed E-state index contributed by atoms with van der Waals surface area (Å²) in [5.74, 6) is 0.713. The van der Waals surface area contributed by atoms with Crippen LogP contribution in [0.4, 0.5) is 0 Å². The first-order valence-corrected chi connectivity index (χ1v) is 6.61. The predicted octanol–water partition coefficient (Wildman–Crippen LogP) is 2.94. The normalized spacial score (nSPS) is 13.5. The van der Waals surface area contributed by atoms with Crippen molar-refractivity contribution in [2.45, 2.75) is 18.6 Å². The van der Waals surface area contributed by atoms with Gasteiger partial charge in [-0.1, -0.05) is 35.4 Å². The van der Waals surface area contributed by atoms with E-state index in [0.29, 0.717) is 11.3 Å². The molecule has 0 radical (unpaired) electrons. The summed E-state index contributed by atoms with van der Waals surface area (Å²) in [6, 6.07) is 11.0. The van der Waals surface area contributed by atoms with E-state index in [4.69, 9.17) is 10.3 Å². The molecule has 6 nitrogen and oxygen atoms in total. The number of hydrogen-bond donors (Lipinski definition) is 2. The van der Waals surface area contributed by atoms with Crippen molar-refractivity contribution in [2.75, 3.05) is 13.7 Å². The summed E-state index contributed by atoms with van der Waals surface area (Å²) in [6.45, 7) is 0.142. The molecule has 0 aliphatic rings. The highest BCUT2D eigenvalue weighted by Gasteiger charge is 2.20. The average Bonchev–Trinajstić information content (AvgIpc) is 2.53. The van der Waals surface area contributed by atoms with Crippen LogP contribution in [0.25, 0.3) is 21.2 Å². The van der Waals surface area contributed by atoms with E-state index in [9.17, 15) is 10.2 Å². The van der Waals surface area contributed by atoms with Crippen molar-refractivity contribution in [3.8, 4) is 5.75 Å². The van der Waals surface area contributed by atoms with Gasteiger partial charge in [0.15, 0.2) is 0 Å². The third kappa shape index (κ3) is 3.25. The zero-order valence-electron chi connectivity index (χ0n) is 11.7. The molecule has 2 unspecified atom stereocenters. The Hall–Kier alpha value is -2.27. The number of azide groups is 1. The lowest BCUT2D eigenvalue weighted by Crippen LogP contribution is -2.19. The van der Waals surface area contributed by atoms with Gasteiger partial charge in [0, 0.05) is 16.8 Å². The number of aliphatic hydroxyl groups is 2. The van der Waals surface area contributed by atoms with E-state index in [2.05, 4.69) is 10.0 Å². The van der Waals surface area contributed by atoms with E-state index in [1.165, 1.54) is 0 Å². The topological polar surface area (TPSA) is 98.5 Å². The molecule has 0 bridgehead atoms. The molecule has 0 aliphatic carbocycles. The zero-order valence-corrected chi connectivity index (χ0v) is 11.7. The molecule has 6 heteroatoms. The van der Waals surface area contributed by atoms with Crippen molar-refractivity contribution < 1.29 is 14.9 Å². The summed E-state index contributed by atoms with van der Waals surface area (Å²) in [6.07, 6.45) is -1.84. The first kappa shape index (κ1) is 15.1. The molecule has 0 fully saturated rings. The van der Waals surface area contributed by atoms with Crippen LogP contribution >= 0.6 is 0 Å². The number of aliphatic hydroxyl groups excluding tert-OH is 2. The van der Waals surface area contributed by atoms with Crippen molar-refractivity contribution in [1.82, 2.24) is 0 Å². The fourth-order valence-corrected chi connectivity index (χ4v) is 2.33. The van der Waals surface area contributed by atoms with Crippen LogP contribution in [0.2, 0.25) is 0 Å². The van der Waals surface area contributed by atoms with Crippen LogP contribution in [-0.4, -0.2) is 30.0 Å². The van der Waals surface area contributed by atoms with Gasteiger partial charge < -0.3 is 14.9 Å². The van der Waals surface area contributed by atoms with Gasteiger partial charge in [-0.15, -0.1) is 0 Å². The average molecular weight is 287 g/mol. The highest BCUT2D eigenvalue weighted by Crippen LogP contribution is 2.33. The van der Waals surface area contributed by atoms with Crippen LogP contribution in [-0.2, 0) is 0 Å². The van der Waals surface area contributed by atoms with Gasteiger partial charge in [-0.25, -0.2) is 0 Å². The highest BCUT2D eigenvalue weighted by molar-refractivity contribution is 5.91. The lowest BCUT2D eigenvalue weighted by Gasteiger charge is -2.20. The molecule has 0 saturated heterocycles. The molecule has 2 atom stereocenters. The van der Waals surface area contributed by atoms with E-state index in [1.54, 1.807) is 19.2 Å². The Labute approximate surface area is 122 Å². The standard InChI is InChI=1S/C15H17N3O3/c1-21-14-7-6-12(10-4-2-3-5-11(10)14)15(20)13(19)8-9-17-18-16/h2-7,13,15,19-20H,8-9H2,1H3. The summed E-state index contributed by atoms with van der Waals surface area (Å²) in [5, 5.41) is 25.4. The molecule has 0 aromatic heterocycles. The van der Waals surface area contributed by atoms with Crippen molar-refractivity contribution >= 4 is 10.8 Å². The lowest BCUT2D eigenvalue weighted by atomic mass is 9.95. The Balaban J connectivity index is 2.35. The smallest absolute Gasteiger partial charge is 0.126 e. The van der Waals surface area contributed by atoms with Crippen LogP contribution in [0.15, 0.2) is 41.5 Å². The largest absolute Gasteiger partial charge is 0.496 e. The lowest BCUT2D eigenvalue weighted by molar-refractivity contribution is 0.0159. The number of hydrogen-bond acceptors (Lipinski definition) is 4. The summed E-state index contributed by atoms with van der Waals surface area (Å²) in [4.78, 5) is 2.63. The minimum Gasteiger partial charge on any atom is -0.496 e. The molecule has 2 aromatic carbocycles. The van der Waals surface area contributed by atoms with Gasteiger partial charge in [0.1, 0.15) is 11.9 Å². The number of benzene rings is 2. The van der Waals surface area contributed by atoms with E-state index in [0.717, 1.165) is 10.8 Å². The van der Waals surface area contributed by atoms with Gasteiger partial charge in [-0.2, -0.15) is 0 Å². The molecule has 0 saturated carbocycles. The van der Waals surface area contributed by atoms with E-state index in [1.807, 2.05) is 24.3 Å². The Morgan fingerprint density at radius 2 is 1.90 bits per heavy atom. The number of nitrogens with zero attached hydrogens (tertiary/aromatic N) is 3. The Morgan fingerprint density at radius 3 is 2.57 bits per heavy atom. The van der Waals surface area contributed by atoms with E-state index in [-0.39, 0.29) is 13.0 Å². The Kier molecular flexibility index (Phi) is 5.00. The van der Waals surface area contributed by atoms with Crippen LogP contribution in [0.3, 0.4) is 0 Å². The van der Waals surface area contributed by atoms with Crippen LogP contribution in [0.5, 0.6) is 5.75 Å². The monoisotopic (exact) mass is 287 g/mol. The van der Waals surface area contributed by atoms with E-state index >= 15 is 0 Å². The van der Waals surface area contributed by atoms with Crippen molar-refractivity contribution in [3.05, 3.63) is 52.4 Å². The predicted molar refractivity (Wildman–Crippen MR) is 80.1 cm³/mol. The summed E-state index contributed by atoms with van der Waals surface area (Å²) in [7, 11) is 1.59. The number of fused-ring (bicyclic) bond motifs is 1.